The number of rotatable bonds is 2. The number of hydrogen-bond acceptors (Lipinski definition) is 2. The van der Waals surface area contributed by atoms with Gasteiger partial charge in [-0.05, 0) is 24.6 Å². The van der Waals surface area contributed by atoms with Crippen LogP contribution in [0.5, 0.6) is 0 Å². The maximum absolute atomic E-state index is 8.77. The lowest BCUT2D eigenvalue weighted by atomic mass is 10.1. The van der Waals surface area contributed by atoms with Crippen molar-refractivity contribution in [1.82, 2.24) is 10.2 Å². The maximum atomic E-state index is 8.77. The molecule has 1 N–H and O–H groups in total. The van der Waals surface area contributed by atoms with Gasteiger partial charge in [-0.3, -0.25) is 5.10 Å². The van der Waals surface area contributed by atoms with Crippen LogP contribution in [0.2, 0.25) is 0 Å². The Labute approximate surface area is 82.4 Å². The van der Waals surface area contributed by atoms with Gasteiger partial charge in [-0.2, -0.15) is 10.4 Å². The zero-order valence-electron chi connectivity index (χ0n) is 8.04. The normalized spacial score (nSPS) is 10.3. The lowest BCUT2D eigenvalue weighted by molar-refractivity contribution is 0.874. The molecule has 0 radical (unpaired) electrons. The predicted octanol–water partition coefficient (Wildman–Crippen LogP) is 2.39. The fourth-order valence-corrected chi connectivity index (χ4v) is 1.57. The molecule has 2 aromatic rings. The average Bonchev–Trinajstić information content (AvgIpc) is 2.61. The molecule has 0 spiro atoms. The van der Waals surface area contributed by atoms with Crippen LogP contribution in [0.15, 0.2) is 18.2 Å². The van der Waals surface area contributed by atoms with Crippen LogP contribution in [0.3, 0.4) is 0 Å². The molecule has 0 amide bonds. The number of nitriles is 1. The number of aromatic amines is 1. The molecule has 70 valence electrons. The van der Waals surface area contributed by atoms with E-state index in [4.69, 9.17) is 5.26 Å². The van der Waals surface area contributed by atoms with Gasteiger partial charge in [-0.15, -0.1) is 0 Å². The number of aryl methyl sites for hydroxylation is 1. The van der Waals surface area contributed by atoms with E-state index in [9.17, 15) is 0 Å². The Hall–Kier alpha value is -1.82. The number of benzene rings is 1. The van der Waals surface area contributed by atoms with Gasteiger partial charge in [0.2, 0.25) is 0 Å². The molecule has 3 nitrogen and oxygen atoms in total. The van der Waals surface area contributed by atoms with Crippen LogP contribution in [0, 0.1) is 11.3 Å². The second-order valence-electron chi connectivity index (χ2n) is 3.30. The topological polar surface area (TPSA) is 52.5 Å². The van der Waals surface area contributed by atoms with E-state index in [0.717, 1.165) is 29.4 Å². The lowest BCUT2D eigenvalue weighted by Gasteiger charge is -1.94. The first kappa shape index (κ1) is 8.76. The van der Waals surface area contributed by atoms with E-state index in [0.29, 0.717) is 5.56 Å². The first-order valence-corrected chi connectivity index (χ1v) is 4.72. The minimum atomic E-state index is 0.691. The minimum Gasteiger partial charge on any atom is -0.281 e. The molecule has 2 rings (SSSR count). The highest BCUT2D eigenvalue weighted by atomic mass is 15.1. The summed E-state index contributed by atoms with van der Waals surface area (Å²) in [6.45, 7) is 2.13. The Bertz CT molecular complexity index is 491. The van der Waals surface area contributed by atoms with Crippen molar-refractivity contribution in [2.45, 2.75) is 19.8 Å². The number of hydrogen-bond donors (Lipinski definition) is 1. The summed E-state index contributed by atoms with van der Waals surface area (Å²) in [5, 5.41) is 17.0. The van der Waals surface area contributed by atoms with Gasteiger partial charge in [0.1, 0.15) is 0 Å². The highest BCUT2D eigenvalue weighted by Crippen LogP contribution is 2.18. The minimum absolute atomic E-state index is 0.691. The van der Waals surface area contributed by atoms with Crippen LogP contribution in [-0.4, -0.2) is 10.2 Å². The molecular weight excluding hydrogens is 174 g/mol. The van der Waals surface area contributed by atoms with Crippen molar-refractivity contribution in [1.29, 1.82) is 5.26 Å². The van der Waals surface area contributed by atoms with Crippen LogP contribution in [0.4, 0.5) is 0 Å². The van der Waals surface area contributed by atoms with Crippen molar-refractivity contribution in [2.24, 2.45) is 0 Å². The van der Waals surface area contributed by atoms with E-state index < -0.39 is 0 Å². The van der Waals surface area contributed by atoms with Gasteiger partial charge in [-0.25, -0.2) is 0 Å². The molecule has 0 aliphatic heterocycles. The molecule has 14 heavy (non-hydrogen) atoms. The fourth-order valence-electron chi connectivity index (χ4n) is 1.57. The molecule has 1 aromatic heterocycles. The van der Waals surface area contributed by atoms with Crippen molar-refractivity contribution >= 4 is 10.9 Å². The smallest absolute Gasteiger partial charge is 0.0991 e. The Balaban J connectivity index is 2.59. The predicted molar refractivity (Wildman–Crippen MR) is 54.8 cm³/mol. The van der Waals surface area contributed by atoms with Crippen molar-refractivity contribution in [3.63, 3.8) is 0 Å². The second kappa shape index (κ2) is 3.51. The molecule has 0 aliphatic rings. The van der Waals surface area contributed by atoms with Gasteiger partial charge in [0.15, 0.2) is 0 Å². The van der Waals surface area contributed by atoms with E-state index in [2.05, 4.69) is 23.2 Å². The Kier molecular flexibility index (Phi) is 2.19. The third-order valence-electron chi connectivity index (χ3n) is 2.26. The molecule has 0 aliphatic carbocycles. The summed E-state index contributed by atoms with van der Waals surface area (Å²) in [6.07, 6.45) is 2.06. The number of aromatic nitrogens is 2. The Morgan fingerprint density at radius 1 is 1.50 bits per heavy atom. The van der Waals surface area contributed by atoms with Crippen LogP contribution in [0.25, 0.3) is 10.9 Å². The van der Waals surface area contributed by atoms with Crippen molar-refractivity contribution < 1.29 is 0 Å². The molecule has 0 saturated carbocycles. The van der Waals surface area contributed by atoms with E-state index in [1.54, 1.807) is 6.07 Å². The van der Waals surface area contributed by atoms with Gasteiger partial charge in [0.25, 0.3) is 0 Å². The zero-order valence-corrected chi connectivity index (χ0v) is 8.04. The number of nitrogens with zero attached hydrogens (tertiary/aromatic N) is 2. The van der Waals surface area contributed by atoms with E-state index >= 15 is 0 Å². The molecule has 0 bridgehead atoms. The fraction of sp³-hybridized carbons (Fsp3) is 0.273. The summed E-state index contributed by atoms with van der Waals surface area (Å²) in [5.74, 6) is 0. The summed E-state index contributed by atoms with van der Waals surface area (Å²) in [7, 11) is 0. The SMILES string of the molecule is CCCc1[nH]nc2ccc(C#N)cc12. The van der Waals surface area contributed by atoms with Crippen molar-refractivity contribution in [2.75, 3.05) is 0 Å². The molecule has 0 atom stereocenters. The van der Waals surface area contributed by atoms with Crippen molar-refractivity contribution in [3.05, 3.63) is 29.5 Å². The largest absolute Gasteiger partial charge is 0.281 e. The molecule has 3 heteroatoms. The standard InChI is InChI=1S/C11H11N3/c1-2-3-10-9-6-8(7-12)4-5-11(9)14-13-10/h4-6H,2-3H2,1H3,(H,13,14). The quantitative estimate of drug-likeness (QED) is 0.780. The Morgan fingerprint density at radius 3 is 3.07 bits per heavy atom. The first-order chi connectivity index (χ1) is 6.85. The second-order valence-corrected chi connectivity index (χ2v) is 3.30. The molecule has 1 aromatic carbocycles. The van der Waals surface area contributed by atoms with Gasteiger partial charge in [-0.1, -0.05) is 13.3 Å². The Morgan fingerprint density at radius 2 is 2.36 bits per heavy atom. The third kappa shape index (κ3) is 1.35. The van der Waals surface area contributed by atoms with Crippen LogP contribution in [0.1, 0.15) is 24.6 Å². The highest BCUT2D eigenvalue weighted by molar-refractivity contribution is 5.82. The van der Waals surface area contributed by atoms with Crippen LogP contribution < -0.4 is 0 Å². The van der Waals surface area contributed by atoms with Gasteiger partial charge < -0.3 is 0 Å². The van der Waals surface area contributed by atoms with E-state index in [1.165, 1.54) is 0 Å². The monoisotopic (exact) mass is 185 g/mol. The van der Waals surface area contributed by atoms with Gasteiger partial charge in [0.05, 0.1) is 17.1 Å². The van der Waals surface area contributed by atoms with Gasteiger partial charge >= 0.3 is 0 Å². The van der Waals surface area contributed by atoms with Crippen molar-refractivity contribution in [3.8, 4) is 6.07 Å². The number of fused-ring (bicyclic) bond motifs is 1. The third-order valence-corrected chi connectivity index (χ3v) is 2.26. The summed E-state index contributed by atoms with van der Waals surface area (Å²) >= 11 is 0. The van der Waals surface area contributed by atoms with Crippen LogP contribution >= 0.6 is 0 Å². The zero-order chi connectivity index (χ0) is 9.97. The maximum Gasteiger partial charge on any atom is 0.0991 e. The van der Waals surface area contributed by atoms with Crippen LogP contribution in [-0.2, 0) is 6.42 Å². The van der Waals surface area contributed by atoms with Gasteiger partial charge in [0, 0.05) is 11.1 Å². The highest BCUT2D eigenvalue weighted by Gasteiger charge is 2.04. The first-order valence-electron chi connectivity index (χ1n) is 4.72. The lowest BCUT2D eigenvalue weighted by Crippen LogP contribution is -1.83. The molecule has 0 fully saturated rings. The van der Waals surface area contributed by atoms with E-state index in [-0.39, 0.29) is 0 Å². The summed E-state index contributed by atoms with van der Waals surface area (Å²) in [4.78, 5) is 0. The molecule has 0 saturated heterocycles. The van der Waals surface area contributed by atoms with E-state index in [1.807, 2.05) is 12.1 Å². The summed E-state index contributed by atoms with van der Waals surface area (Å²) < 4.78 is 0. The summed E-state index contributed by atoms with van der Waals surface area (Å²) in [5.41, 5.74) is 2.75. The molecular formula is C11H11N3. The number of H-pyrrole nitrogens is 1. The molecule has 1 heterocycles. The summed E-state index contributed by atoms with van der Waals surface area (Å²) in [6, 6.07) is 7.70. The number of nitrogens with one attached hydrogen (secondary N) is 1. The molecule has 0 unspecified atom stereocenters. The average molecular weight is 185 g/mol.